The minimum Gasteiger partial charge on any atom is -0.341 e. The molecule has 1 aromatic carbocycles. The molecule has 0 N–H and O–H groups in total. The maximum Gasteiger partial charge on any atom is 0.397 e. The van der Waals surface area contributed by atoms with E-state index in [0.717, 1.165) is 4.90 Å². The van der Waals surface area contributed by atoms with Crippen LogP contribution in [0.2, 0.25) is 0 Å². The van der Waals surface area contributed by atoms with E-state index in [1.807, 2.05) is 0 Å². The van der Waals surface area contributed by atoms with Crippen LogP contribution in [-0.4, -0.2) is 24.0 Å². The lowest BCUT2D eigenvalue weighted by atomic mass is 10.2. The highest BCUT2D eigenvalue weighted by molar-refractivity contribution is 5.76. The average Bonchev–Trinajstić information content (AvgIpc) is 2.14. The quantitative estimate of drug-likeness (QED) is 0.754. The first kappa shape index (κ1) is 13.5. The predicted octanol–water partition coefficient (Wildman–Crippen LogP) is 2.74. The molecule has 0 radical (unpaired) electrons. The second kappa shape index (κ2) is 5.16. The van der Waals surface area contributed by atoms with Gasteiger partial charge in [-0.1, -0.05) is 12.1 Å². The summed E-state index contributed by atoms with van der Waals surface area (Å²) in [4.78, 5) is 12.1. The number of benzene rings is 1. The Hall–Kier alpha value is -1.59. The van der Waals surface area contributed by atoms with Crippen molar-refractivity contribution in [3.05, 3.63) is 35.6 Å². The molecule has 0 bridgehead atoms. The van der Waals surface area contributed by atoms with Crippen LogP contribution in [0.25, 0.3) is 0 Å². The van der Waals surface area contributed by atoms with Crippen molar-refractivity contribution in [3.63, 3.8) is 0 Å². The Morgan fingerprint density at radius 1 is 1.35 bits per heavy atom. The molecule has 1 aromatic rings. The molecule has 0 fully saturated rings. The summed E-state index contributed by atoms with van der Waals surface area (Å²) in [5.41, 5.74) is 0.447. The average molecular weight is 249 g/mol. The summed E-state index contributed by atoms with van der Waals surface area (Å²) >= 11 is 0. The molecule has 1 amide bonds. The van der Waals surface area contributed by atoms with Crippen LogP contribution in [0.1, 0.15) is 12.0 Å². The van der Waals surface area contributed by atoms with Gasteiger partial charge in [-0.25, -0.2) is 4.39 Å². The predicted molar refractivity (Wildman–Crippen MR) is 53.5 cm³/mol. The second-order valence-electron chi connectivity index (χ2n) is 3.67. The van der Waals surface area contributed by atoms with Gasteiger partial charge < -0.3 is 4.90 Å². The molecule has 6 heteroatoms. The lowest BCUT2D eigenvalue weighted by Crippen LogP contribution is -2.30. The van der Waals surface area contributed by atoms with Crippen LogP contribution in [0.15, 0.2) is 24.3 Å². The smallest absolute Gasteiger partial charge is 0.341 e. The molecule has 17 heavy (non-hydrogen) atoms. The number of carbonyl (C=O) groups is 1. The third-order valence-electron chi connectivity index (χ3n) is 2.09. The lowest BCUT2D eigenvalue weighted by molar-refractivity contribution is -0.160. The van der Waals surface area contributed by atoms with Gasteiger partial charge in [0.25, 0.3) is 0 Å². The summed E-state index contributed by atoms with van der Waals surface area (Å²) in [7, 11) is 1.25. The van der Waals surface area contributed by atoms with E-state index in [4.69, 9.17) is 0 Å². The van der Waals surface area contributed by atoms with E-state index in [1.54, 1.807) is 6.07 Å². The topological polar surface area (TPSA) is 20.3 Å². The van der Waals surface area contributed by atoms with Crippen LogP contribution < -0.4 is 0 Å². The number of carbonyl (C=O) groups excluding carboxylic acids is 1. The van der Waals surface area contributed by atoms with Crippen LogP contribution in [0.5, 0.6) is 0 Å². The minimum atomic E-state index is -4.52. The zero-order chi connectivity index (χ0) is 13.1. The van der Waals surface area contributed by atoms with Gasteiger partial charge in [-0.05, 0) is 17.7 Å². The van der Waals surface area contributed by atoms with Gasteiger partial charge in [-0.15, -0.1) is 0 Å². The number of amides is 1. The van der Waals surface area contributed by atoms with Crippen molar-refractivity contribution >= 4 is 5.91 Å². The summed E-state index contributed by atoms with van der Waals surface area (Å²) in [6, 6.07) is 5.38. The molecule has 0 saturated heterocycles. The van der Waals surface area contributed by atoms with E-state index in [0.29, 0.717) is 5.56 Å². The maximum absolute atomic E-state index is 12.8. The Balaban J connectivity index is 2.60. The van der Waals surface area contributed by atoms with Crippen molar-refractivity contribution in [2.45, 2.75) is 19.1 Å². The Morgan fingerprint density at radius 3 is 2.53 bits per heavy atom. The van der Waals surface area contributed by atoms with Crippen LogP contribution in [0, 0.1) is 5.82 Å². The molecule has 2 nitrogen and oxygen atoms in total. The normalized spacial score (nSPS) is 11.4. The highest BCUT2D eigenvalue weighted by Crippen LogP contribution is 2.20. The molecule has 1 rings (SSSR count). The molecule has 94 valence electrons. The SMILES string of the molecule is CN(Cc1cccc(F)c1)C(=O)CC(F)(F)F. The minimum absolute atomic E-state index is 0.0489. The van der Waals surface area contributed by atoms with Crippen molar-refractivity contribution in [2.75, 3.05) is 7.05 Å². The standard InChI is InChI=1S/C11H11F4NO/c1-16(10(17)6-11(13,14)15)7-8-3-2-4-9(12)5-8/h2-5H,6-7H2,1H3. The molecular formula is C11H11F4NO. The Bertz CT molecular complexity index is 403. The van der Waals surface area contributed by atoms with Gasteiger partial charge >= 0.3 is 6.18 Å². The van der Waals surface area contributed by atoms with E-state index < -0.39 is 24.3 Å². The molecule has 0 saturated carbocycles. The van der Waals surface area contributed by atoms with E-state index in [9.17, 15) is 22.4 Å². The highest BCUT2D eigenvalue weighted by Gasteiger charge is 2.32. The van der Waals surface area contributed by atoms with Gasteiger partial charge in [0.1, 0.15) is 12.2 Å². The zero-order valence-electron chi connectivity index (χ0n) is 9.09. The summed E-state index contributed by atoms with van der Waals surface area (Å²) < 4.78 is 48.7. The van der Waals surface area contributed by atoms with Crippen molar-refractivity contribution in [2.24, 2.45) is 0 Å². The first-order valence-corrected chi connectivity index (χ1v) is 4.83. The molecule has 0 atom stereocenters. The van der Waals surface area contributed by atoms with E-state index in [-0.39, 0.29) is 6.54 Å². The molecular weight excluding hydrogens is 238 g/mol. The second-order valence-corrected chi connectivity index (χ2v) is 3.67. The van der Waals surface area contributed by atoms with Crippen LogP contribution in [-0.2, 0) is 11.3 Å². The molecule has 0 unspecified atom stereocenters. The summed E-state index contributed by atoms with van der Waals surface area (Å²) in [6.45, 7) is -0.0489. The number of hydrogen-bond acceptors (Lipinski definition) is 1. The van der Waals surface area contributed by atoms with Gasteiger partial charge in [-0.3, -0.25) is 4.79 Å². The van der Waals surface area contributed by atoms with Crippen molar-refractivity contribution in [1.82, 2.24) is 4.90 Å². The third kappa shape index (κ3) is 4.84. The Morgan fingerprint density at radius 2 is 2.00 bits per heavy atom. The molecule has 0 spiro atoms. The zero-order valence-corrected chi connectivity index (χ0v) is 9.09. The highest BCUT2D eigenvalue weighted by atomic mass is 19.4. The van der Waals surface area contributed by atoms with Crippen LogP contribution >= 0.6 is 0 Å². The van der Waals surface area contributed by atoms with Gasteiger partial charge in [-0.2, -0.15) is 13.2 Å². The number of rotatable bonds is 3. The number of nitrogens with zero attached hydrogens (tertiary/aromatic N) is 1. The third-order valence-corrected chi connectivity index (χ3v) is 2.09. The molecule has 0 aliphatic rings. The van der Waals surface area contributed by atoms with E-state index in [2.05, 4.69) is 0 Å². The van der Waals surface area contributed by atoms with Crippen molar-refractivity contribution in [3.8, 4) is 0 Å². The first-order valence-electron chi connectivity index (χ1n) is 4.83. The molecule has 0 aliphatic carbocycles. The largest absolute Gasteiger partial charge is 0.397 e. The van der Waals surface area contributed by atoms with E-state index >= 15 is 0 Å². The fraction of sp³-hybridized carbons (Fsp3) is 0.364. The fourth-order valence-corrected chi connectivity index (χ4v) is 1.30. The lowest BCUT2D eigenvalue weighted by Gasteiger charge is -2.18. The van der Waals surface area contributed by atoms with Gasteiger partial charge in [0.15, 0.2) is 0 Å². The molecule has 0 heterocycles. The van der Waals surface area contributed by atoms with Crippen molar-refractivity contribution < 1.29 is 22.4 Å². The number of halogens is 4. The number of hydrogen-bond donors (Lipinski definition) is 0. The van der Waals surface area contributed by atoms with Crippen molar-refractivity contribution in [1.29, 1.82) is 0 Å². The molecule has 0 aliphatic heterocycles. The monoisotopic (exact) mass is 249 g/mol. The summed E-state index contributed by atoms with van der Waals surface area (Å²) in [6.07, 6.45) is -6.02. The number of alkyl halides is 3. The van der Waals surface area contributed by atoms with Crippen LogP contribution in [0.4, 0.5) is 17.6 Å². The summed E-state index contributed by atoms with van der Waals surface area (Å²) in [5.74, 6) is -1.53. The van der Waals surface area contributed by atoms with Gasteiger partial charge in [0.05, 0.1) is 0 Å². The van der Waals surface area contributed by atoms with Crippen LogP contribution in [0.3, 0.4) is 0 Å². The fourth-order valence-electron chi connectivity index (χ4n) is 1.30. The maximum atomic E-state index is 12.8. The Kier molecular flexibility index (Phi) is 4.09. The van der Waals surface area contributed by atoms with Gasteiger partial charge in [0, 0.05) is 13.6 Å². The Labute approximate surface area is 95.8 Å². The van der Waals surface area contributed by atoms with Gasteiger partial charge in [0.2, 0.25) is 5.91 Å². The first-order chi connectivity index (χ1) is 7.78. The molecule has 0 aromatic heterocycles. The summed E-state index contributed by atoms with van der Waals surface area (Å²) in [5, 5.41) is 0. The van der Waals surface area contributed by atoms with E-state index in [1.165, 1.54) is 25.2 Å².